The van der Waals surface area contributed by atoms with Crippen LogP contribution in [0.2, 0.25) is 0 Å². The zero-order valence-corrected chi connectivity index (χ0v) is 20.0. The predicted octanol–water partition coefficient (Wildman–Crippen LogP) is 2.26. The Balaban J connectivity index is 2.00. The van der Waals surface area contributed by atoms with E-state index in [1.165, 1.54) is 14.2 Å². The molecule has 0 spiro atoms. The molecule has 0 aromatic heterocycles. The summed E-state index contributed by atoms with van der Waals surface area (Å²) in [7, 11) is 2.49. The van der Waals surface area contributed by atoms with Gasteiger partial charge >= 0.3 is 24.1 Å². The van der Waals surface area contributed by atoms with Crippen molar-refractivity contribution in [2.24, 2.45) is 0 Å². The van der Waals surface area contributed by atoms with Gasteiger partial charge in [-0.25, -0.2) is 19.2 Å². The number of benzene rings is 1. The predicted molar refractivity (Wildman–Crippen MR) is 122 cm³/mol. The molecule has 11 heteroatoms. The Morgan fingerprint density at radius 3 is 2.29 bits per heavy atom. The van der Waals surface area contributed by atoms with Crippen LogP contribution in [0.4, 0.5) is 15.3 Å². The van der Waals surface area contributed by atoms with E-state index < -0.39 is 35.7 Å². The molecule has 0 fully saturated rings. The SMILES string of the molecule is COC(=O)C1=C(NC(=O)Nc2ccc(C[C@H](NC(=O)OC(C)(C)C)C(=O)OC)cc2)CCOC1. The minimum Gasteiger partial charge on any atom is -0.467 e. The van der Waals surface area contributed by atoms with E-state index in [9.17, 15) is 19.2 Å². The molecule has 1 aliphatic rings. The number of hydrogen-bond acceptors (Lipinski definition) is 8. The van der Waals surface area contributed by atoms with Crippen LogP contribution in [0, 0.1) is 0 Å². The first-order chi connectivity index (χ1) is 16.0. The van der Waals surface area contributed by atoms with Crippen LogP contribution in [0.25, 0.3) is 0 Å². The van der Waals surface area contributed by atoms with E-state index in [1.807, 2.05) is 0 Å². The molecule has 1 aromatic rings. The molecule has 0 unspecified atom stereocenters. The number of ether oxygens (including phenoxy) is 4. The van der Waals surface area contributed by atoms with Crippen molar-refractivity contribution in [2.45, 2.75) is 45.3 Å². The molecule has 0 aliphatic carbocycles. The molecule has 11 nitrogen and oxygen atoms in total. The smallest absolute Gasteiger partial charge is 0.408 e. The van der Waals surface area contributed by atoms with Crippen molar-refractivity contribution in [3.8, 4) is 0 Å². The Morgan fingerprint density at radius 2 is 1.71 bits per heavy atom. The summed E-state index contributed by atoms with van der Waals surface area (Å²) in [5.41, 5.74) is 1.21. The summed E-state index contributed by atoms with van der Waals surface area (Å²) in [5, 5.41) is 7.86. The summed E-state index contributed by atoms with van der Waals surface area (Å²) in [6.45, 7) is 5.60. The zero-order valence-electron chi connectivity index (χ0n) is 20.0. The fourth-order valence-corrected chi connectivity index (χ4v) is 3.07. The number of hydrogen-bond donors (Lipinski definition) is 3. The lowest BCUT2D eigenvalue weighted by Crippen LogP contribution is -2.45. The summed E-state index contributed by atoms with van der Waals surface area (Å²) >= 11 is 0. The first-order valence-electron chi connectivity index (χ1n) is 10.6. The summed E-state index contributed by atoms with van der Waals surface area (Å²) in [6, 6.07) is 5.24. The summed E-state index contributed by atoms with van der Waals surface area (Å²) in [6.07, 6.45) is -0.198. The number of methoxy groups -OCH3 is 2. The molecule has 0 radical (unpaired) electrons. The molecule has 1 aliphatic heterocycles. The number of urea groups is 1. The molecule has 34 heavy (non-hydrogen) atoms. The van der Waals surface area contributed by atoms with Crippen molar-refractivity contribution in [1.29, 1.82) is 0 Å². The quantitative estimate of drug-likeness (QED) is 0.401. The van der Waals surface area contributed by atoms with Crippen LogP contribution >= 0.6 is 0 Å². The van der Waals surface area contributed by atoms with Crippen LogP contribution in [0.15, 0.2) is 35.5 Å². The highest BCUT2D eigenvalue weighted by atomic mass is 16.6. The first-order valence-corrected chi connectivity index (χ1v) is 10.6. The van der Waals surface area contributed by atoms with Gasteiger partial charge in [-0.05, 0) is 38.5 Å². The molecule has 186 valence electrons. The zero-order chi connectivity index (χ0) is 25.3. The van der Waals surface area contributed by atoms with E-state index in [-0.39, 0.29) is 18.6 Å². The minimum atomic E-state index is -0.945. The minimum absolute atomic E-state index is 0.0652. The largest absolute Gasteiger partial charge is 0.467 e. The Kier molecular flexibility index (Phi) is 9.43. The highest BCUT2D eigenvalue weighted by molar-refractivity contribution is 5.94. The molecule has 3 N–H and O–H groups in total. The fraction of sp³-hybridized carbons (Fsp3) is 0.478. The molecular formula is C23H31N3O8. The average Bonchev–Trinajstić information content (AvgIpc) is 2.77. The third-order valence-electron chi connectivity index (χ3n) is 4.63. The van der Waals surface area contributed by atoms with Crippen molar-refractivity contribution in [2.75, 3.05) is 32.8 Å². The van der Waals surface area contributed by atoms with Crippen molar-refractivity contribution < 1.29 is 38.1 Å². The Hall–Kier alpha value is -3.60. The third kappa shape index (κ3) is 8.39. The monoisotopic (exact) mass is 477 g/mol. The topological polar surface area (TPSA) is 141 Å². The second-order valence-corrected chi connectivity index (χ2v) is 8.45. The molecule has 1 aromatic carbocycles. The van der Waals surface area contributed by atoms with Crippen LogP contribution in [0.1, 0.15) is 32.8 Å². The number of anilines is 1. The van der Waals surface area contributed by atoms with Gasteiger partial charge in [0, 0.05) is 24.2 Å². The first kappa shape index (κ1) is 26.7. The van der Waals surface area contributed by atoms with E-state index in [0.717, 1.165) is 5.56 Å². The van der Waals surface area contributed by atoms with Gasteiger partial charge in [-0.3, -0.25) is 0 Å². The number of carbonyl (C=O) groups excluding carboxylic acids is 4. The van der Waals surface area contributed by atoms with E-state index in [1.54, 1.807) is 45.0 Å². The highest BCUT2D eigenvalue weighted by Gasteiger charge is 2.25. The Bertz CT molecular complexity index is 935. The number of esters is 2. The van der Waals surface area contributed by atoms with Crippen molar-refractivity contribution in [3.63, 3.8) is 0 Å². The van der Waals surface area contributed by atoms with Gasteiger partial charge in [0.15, 0.2) is 0 Å². The molecule has 1 atom stereocenters. The van der Waals surface area contributed by atoms with Crippen LogP contribution < -0.4 is 16.0 Å². The lowest BCUT2D eigenvalue weighted by Gasteiger charge is -2.22. The number of alkyl carbamates (subject to hydrolysis) is 1. The highest BCUT2D eigenvalue weighted by Crippen LogP contribution is 2.16. The Labute approximate surface area is 198 Å². The molecular weight excluding hydrogens is 446 g/mol. The van der Waals surface area contributed by atoms with Crippen LogP contribution in [0.5, 0.6) is 0 Å². The summed E-state index contributed by atoms with van der Waals surface area (Å²) < 4.78 is 20.0. The van der Waals surface area contributed by atoms with Gasteiger partial charge in [0.05, 0.1) is 33.0 Å². The second kappa shape index (κ2) is 12.0. The third-order valence-corrected chi connectivity index (χ3v) is 4.63. The lowest BCUT2D eigenvalue weighted by atomic mass is 10.1. The van der Waals surface area contributed by atoms with Crippen LogP contribution in [-0.4, -0.2) is 63.1 Å². The van der Waals surface area contributed by atoms with Crippen molar-refractivity contribution in [1.82, 2.24) is 10.6 Å². The maximum Gasteiger partial charge on any atom is 0.408 e. The van der Waals surface area contributed by atoms with Gasteiger partial charge in [0.2, 0.25) is 0 Å². The van der Waals surface area contributed by atoms with Gasteiger partial charge in [-0.15, -0.1) is 0 Å². The van der Waals surface area contributed by atoms with Gasteiger partial charge in [-0.2, -0.15) is 0 Å². The van der Waals surface area contributed by atoms with Gasteiger partial charge < -0.3 is 34.9 Å². The molecule has 1 heterocycles. The van der Waals surface area contributed by atoms with Crippen LogP contribution in [0.3, 0.4) is 0 Å². The number of carbonyl (C=O) groups is 4. The van der Waals surface area contributed by atoms with Gasteiger partial charge in [-0.1, -0.05) is 12.1 Å². The molecule has 0 bridgehead atoms. The normalized spacial score (nSPS) is 14.5. The maximum atomic E-state index is 12.4. The van der Waals surface area contributed by atoms with Crippen LogP contribution in [-0.2, 0) is 35.0 Å². The number of amides is 3. The van der Waals surface area contributed by atoms with Gasteiger partial charge in [0.1, 0.15) is 11.6 Å². The standard InChI is InChI=1S/C23H31N3O8/c1-23(2,3)34-22(30)26-18(20(28)32-5)12-14-6-8-15(9-7-14)24-21(29)25-17-10-11-33-13-16(17)19(27)31-4/h6-9,18H,10-13H2,1-5H3,(H,26,30)(H2,24,25,29)/t18-/m0/s1. The Morgan fingerprint density at radius 1 is 1.03 bits per heavy atom. The van der Waals surface area contributed by atoms with E-state index in [0.29, 0.717) is 24.4 Å². The van der Waals surface area contributed by atoms with Crippen molar-refractivity contribution in [3.05, 3.63) is 41.1 Å². The summed E-state index contributed by atoms with van der Waals surface area (Å²) in [4.78, 5) is 48.4. The van der Waals surface area contributed by atoms with E-state index in [4.69, 9.17) is 18.9 Å². The van der Waals surface area contributed by atoms with Crippen molar-refractivity contribution >= 4 is 29.8 Å². The van der Waals surface area contributed by atoms with Gasteiger partial charge in [0.25, 0.3) is 0 Å². The maximum absolute atomic E-state index is 12.4. The molecule has 2 rings (SSSR count). The van der Waals surface area contributed by atoms with E-state index >= 15 is 0 Å². The average molecular weight is 478 g/mol. The molecule has 0 saturated heterocycles. The molecule has 3 amide bonds. The number of rotatable bonds is 7. The number of nitrogens with one attached hydrogen (secondary N) is 3. The second-order valence-electron chi connectivity index (χ2n) is 8.45. The lowest BCUT2D eigenvalue weighted by molar-refractivity contribution is -0.143. The fourth-order valence-electron chi connectivity index (χ4n) is 3.07. The van der Waals surface area contributed by atoms with E-state index in [2.05, 4.69) is 16.0 Å². The molecule has 0 saturated carbocycles. The summed E-state index contributed by atoms with van der Waals surface area (Å²) in [5.74, 6) is -1.17.